The number of aromatic nitrogens is 2. The number of morpholine rings is 1. The van der Waals surface area contributed by atoms with E-state index in [0.29, 0.717) is 43.1 Å². The zero-order valence-corrected chi connectivity index (χ0v) is 16.2. The van der Waals surface area contributed by atoms with Crippen LogP contribution in [0.1, 0.15) is 5.56 Å². The van der Waals surface area contributed by atoms with Crippen molar-refractivity contribution >= 4 is 22.6 Å². The number of amides is 1. The largest absolute Gasteiger partial charge is 0.378 e. The summed E-state index contributed by atoms with van der Waals surface area (Å²) in [6.45, 7) is 2.60. The molecule has 152 valence electrons. The van der Waals surface area contributed by atoms with E-state index >= 15 is 0 Å². The van der Waals surface area contributed by atoms with E-state index < -0.39 is 0 Å². The molecule has 1 aliphatic rings. The number of ether oxygens (including phenoxy) is 1. The first kappa shape index (κ1) is 19.2. The molecule has 1 aromatic heterocycles. The highest BCUT2D eigenvalue weighted by atomic mass is 19.1. The minimum Gasteiger partial charge on any atom is -0.378 e. The first-order valence-electron chi connectivity index (χ1n) is 9.56. The number of fused-ring (bicyclic) bond motifs is 1. The predicted octanol–water partition coefficient (Wildman–Crippen LogP) is 1.63. The third kappa shape index (κ3) is 3.88. The maximum Gasteiger partial charge on any atom is 0.329 e. The van der Waals surface area contributed by atoms with E-state index in [9.17, 15) is 14.0 Å². The van der Waals surface area contributed by atoms with Crippen LogP contribution in [0.3, 0.4) is 0 Å². The van der Waals surface area contributed by atoms with Gasteiger partial charge < -0.3 is 15.0 Å². The minimum absolute atomic E-state index is 0.0888. The van der Waals surface area contributed by atoms with Crippen LogP contribution in [0.25, 0.3) is 11.0 Å². The number of aryl methyl sites for hydroxylation is 1. The second kappa shape index (κ2) is 8.08. The summed E-state index contributed by atoms with van der Waals surface area (Å²) in [4.78, 5) is 26.8. The van der Waals surface area contributed by atoms with Gasteiger partial charge in [-0.25, -0.2) is 9.18 Å². The topological polar surface area (TPSA) is 68.5 Å². The Hall–Kier alpha value is -3.13. The van der Waals surface area contributed by atoms with Crippen LogP contribution >= 0.6 is 0 Å². The van der Waals surface area contributed by atoms with Crippen molar-refractivity contribution in [2.45, 2.75) is 13.1 Å². The average Bonchev–Trinajstić information content (AvgIpc) is 2.98. The van der Waals surface area contributed by atoms with Gasteiger partial charge in [0.25, 0.3) is 0 Å². The Morgan fingerprint density at radius 1 is 1.14 bits per heavy atom. The molecule has 1 aliphatic heterocycles. The average molecular weight is 398 g/mol. The molecule has 8 heteroatoms. The number of hydrogen-bond donors (Lipinski definition) is 1. The van der Waals surface area contributed by atoms with Gasteiger partial charge in [-0.05, 0) is 29.8 Å². The Balaban J connectivity index is 1.42. The quantitative estimate of drug-likeness (QED) is 0.709. The van der Waals surface area contributed by atoms with Crippen LogP contribution in [-0.2, 0) is 29.7 Å². The van der Waals surface area contributed by atoms with E-state index in [1.807, 2.05) is 29.2 Å². The normalized spacial score (nSPS) is 14.3. The molecule has 2 heterocycles. The van der Waals surface area contributed by atoms with Crippen molar-refractivity contribution in [3.05, 3.63) is 64.3 Å². The SMILES string of the molecule is Cn1c(=O)n(CC(=O)NCc2ccc(N3CCOCC3)c(F)c2)c2ccccc21. The molecule has 29 heavy (non-hydrogen) atoms. The van der Waals surface area contributed by atoms with Crippen LogP contribution in [0.15, 0.2) is 47.3 Å². The Labute approximate surface area is 167 Å². The van der Waals surface area contributed by atoms with Crippen molar-refractivity contribution in [1.82, 2.24) is 14.5 Å². The molecule has 0 saturated carbocycles. The van der Waals surface area contributed by atoms with Crippen molar-refractivity contribution in [2.75, 3.05) is 31.2 Å². The van der Waals surface area contributed by atoms with Gasteiger partial charge in [-0.1, -0.05) is 18.2 Å². The summed E-state index contributed by atoms with van der Waals surface area (Å²) in [5.74, 6) is -0.620. The highest BCUT2D eigenvalue weighted by Gasteiger charge is 2.16. The molecule has 4 rings (SSSR count). The van der Waals surface area contributed by atoms with Gasteiger partial charge in [0.05, 0.1) is 29.9 Å². The molecule has 1 saturated heterocycles. The molecule has 0 unspecified atom stereocenters. The van der Waals surface area contributed by atoms with E-state index in [0.717, 1.165) is 5.52 Å². The molecule has 0 atom stereocenters. The van der Waals surface area contributed by atoms with Gasteiger partial charge in [-0.2, -0.15) is 0 Å². The molecule has 2 aromatic carbocycles. The molecule has 0 aliphatic carbocycles. The molecule has 1 N–H and O–H groups in total. The van der Waals surface area contributed by atoms with E-state index in [-0.39, 0.29) is 30.5 Å². The molecule has 0 spiro atoms. The molecular formula is C21H23FN4O3. The lowest BCUT2D eigenvalue weighted by atomic mass is 10.1. The number of benzene rings is 2. The first-order valence-corrected chi connectivity index (χ1v) is 9.56. The molecule has 1 amide bonds. The Bertz CT molecular complexity index is 1100. The standard InChI is InChI=1S/C21H23FN4O3/c1-24-18-4-2-3-5-19(18)26(21(24)28)14-20(27)23-13-15-6-7-17(16(22)12-15)25-8-10-29-11-9-25/h2-7,12H,8-11,13-14H2,1H3,(H,23,27). The zero-order chi connectivity index (χ0) is 20.4. The number of nitrogens with one attached hydrogen (secondary N) is 1. The summed E-state index contributed by atoms with van der Waals surface area (Å²) in [6.07, 6.45) is 0. The fraction of sp³-hybridized carbons (Fsp3) is 0.333. The lowest BCUT2D eigenvalue weighted by molar-refractivity contribution is -0.121. The lowest BCUT2D eigenvalue weighted by Crippen LogP contribution is -2.36. The molecule has 0 radical (unpaired) electrons. The molecule has 3 aromatic rings. The number of anilines is 1. The number of carbonyl (C=O) groups is 1. The van der Waals surface area contributed by atoms with E-state index in [2.05, 4.69) is 5.32 Å². The number of carbonyl (C=O) groups excluding carboxylic acids is 1. The molecule has 1 fully saturated rings. The summed E-state index contributed by atoms with van der Waals surface area (Å²) < 4.78 is 22.7. The van der Waals surface area contributed by atoms with Gasteiger partial charge in [0.2, 0.25) is 5.91 Å². The number of para-hydroxylation sites is 2. The van der Waals surface area contributed by atoms with Crippen molar-refractivity contribution in [2.24, 2.45) is 7.05 Å². The highest BCUT2D eigenvalue weighted by Crippen LogP contribution is 2.21. The van der Waals surface area contributed by atoms with Gasteiger partial charge in [0.15, 0.2) is 0 Å². The number of imidazole rings is 1. The molecule has 0 bridgehead atoms. The summed E-state index contributed by atoms with van der Waals surface area (Å²) in [5, 5.41) is 2.77. The minimum atomic E-state index is -0.316. The fourth-order valence-corrected chi connectivity index (χ4v) is 3.64. The second-order valence-electron chi connectivity index (χ2n) is 7.08. The fourth-order valence-electron chi connectivity index (χ4n) is 3.64. The van der Waals surface area contributed by atoms with Crippen LogP contribution in [0.5, 0.6) is 0 Å². The molecular weight excluding hydrogens is 375 g/mol. The smallest absolute Gasteiger partial charge is 0.329 e. The molecule has 7 nitrogen and oxygen atoms in total. The van der Waals surface area contributed by atoms with Crippen LogP contribution in [0.4, 0.5) is 10.1 Å². The zero-order valence-electron chi connectivity index (χ0n) is 16.2. The van der Waals surface area contributed by atoms with Crippen LogP contribution < -0.4 is 15.9 Å². The summed E-state index contributed by atoms with van der Waals surface area (Å²) >= 11 is 0. The third-order valence-electron chi connectivity index (χ3n) is 5.21. The number of nitrogens with zero attached hydrogens (tertiary/aromatic N) is 3. The Morgan fingerprint density at radius 2 is 1.86 bits per heavy atom. The lowest BCUT2D eigenvalue weighted by Gasteiger charge is -2.29. The van der Waals surface area contributed by atoms with Crippen LogP contribution in [0.2, 0.25) is 0 Å². The van der Waals surface area contributed by atoms with Crippen molar-refractivity contribution in [3.8, 4) is 0 Å². The first-order chi connectivity index (χ1) is 14.0. The summed E-state index contributed by atoms with van der Waals surface area (Å²) in [5.41, 5.74) is 2.44. The van der Waals surface area contributed by atoms with E-state index in [1.165, 1.54) is 15.2 Å². The summed E-state index contributed by atoms with van der Waals surface area (Å²) in [6, 6.07) is 12.3. The van der Waals surface area contributed by atoms with E-state index in [4.69, 9.17) is 4.74 Å². The van der Waals surface area contributed by atoms with Gasteiger partial charge in [-0.15, -0.1) is 0 Å². The maximum atomic E-state index is 14.5. The maximum absolute atomic E-state index is 14.5. The summed E-state index contributed by atoms with van der Waals surface area (Å²) in [7, 11) is 1.68. The predicted molar refractivity (Wildman–Crippen MR) is 108 cm³/mol. The van der Waals surface area contributed by atoms with Gasteiger partial charge in [0.1, 0.15) is 12.4 Å². The van der Waals surface area contributed by atoms with Crippen molar-refractivity contribution < 1.29 is 13.9 Å². The third-order valence-corrected chi connectivity index (χ3v) is 5.21. The second-order valence-corrected chi connectivity index (χ2v) is 7.08. The van der Waals surface area contributed by atoms with Gasteiger partial charge in [0, 0.05) is 26.7 Å². The van der Waals surface area contributed by atoms with Gasteiger partial charge >= 0.3 is 5.69 Å². The van der Waals surface area contributed by atoms with Crippen LogP contribution in [0, 0.1) is 5.82 Å². The van der Waals surface area contributed by atoms with Gasteiger partial charge in [-0.3, -0.25) is 13.9 Å². The van der Waals surface area contributed by atoms with Crippen LogP contribution in [-0.4, -0.2) is 41.3 Å². The highest BCUT2D eigenvalue weighted by molar-refractivity contribution is 5.80. The monoisotopic (exact) mass is 398 g/mol. The van der Waals surface area contributed by atoms with Crippen molar-refractivity contribution in [3.63, 3.8) is 0 Å². The Morgan fingerprint density at radius 3 is 2.59 bits per heavy atom. The van der Waals surface area contributed by atoms with E-state index in [1.54, 1.807) is 19.2 Å². The Kier molecular flexibility index (Phi) is 5.35. The number of rotatable bonds is 5. The van der Waals surface area contributed by atoms with Crippen molar-refractivity contribution in [1.29, 1.82) is 0 Å². The number of hydrogen-bond acceptors (Lipinski definition) is 4. The number of halogens is 1.